The second-order valence-corrected chi connectivity index (χ2v) is 13.9. The number of aliphatic hydroxyl groups excluding tert-OH is 1. The molecule has 5 saturated carbocycles. The number of fused-ring (bicyclic) bond motifs is 7. The zero-order valence-corrected chi connectivity index (χ0v) is 21.1. The molecule has 0 radical (unpaired) electrons. The zero-order valence-electron chi connectivity index (χ0n) is 21.1. The van der Waals surface area contributed by atoms with Gasteiger partial charge in [0.25, 0.3) is 0 Å². The molecule has 11 atom stereocenters. The van der Waals surface area contributed by atoms with E-state index in [0.29, 0.717) is 22.2 Å². The quantitative estimate of drug-likeness (QED) is 0.489. The summed E-state index contributed by atoms with van der Waals surface area (Å²) in [4.78, 5) is 0. The molecule has 5 aliphatic rings. The minimum absolute atomic E-state index is 0.111. The monoisotopic (exact) mass is 427 g/mol. The van der Waals surface area contributed by atoms with Crippen LogP contribution in [0.25, 0.3) is 0 Å². The van der Waals surface area contributed by atoms with Crippen LogP contribution in [0.5, 0.6) is 0 Å². The molecule has 0 bridgehead atoms. The van der Waals surface area contributed by atoms with Gasteiger partial charge >= 0.3 is 0 Å². The maximum absolute atomic E-state index is 10.5. The van der Waals surface area contributed by atoms with Crippen molar-refractivity contribution in [3.05, 3.63) is 12.2 Å². The molecule has 2 heteroatoms. The molecule has 2 nitrogen and oxygen atoms in total. The SMILES string of the molecule is C=C(C)[C@@H]1CCC2CC[C@]3(C)[C@H](CC[C@@H]4[C@@]5(C)CCC(N)C(C)(CO)[C@@H]5CC[C@]43C)[C@H]21. The van der Waals surface area contributed by atoms with Gasteiger partial charge in [-0.15, -0.1) is 0 Å². The molecule has 3 unspecified atom stereocenters. The molecule has 0 aromatic carbocycles. The molecule has 5 aliphatic carbocycles. The Hall–Kier alpha value is -0.340. The Labute approximate surface area is 191 Å². The van der Waals surface area contributed by atoms with E-state index in [1.54, 1.807) is 0 Å². The van der Waals surface area contributed by atoms with E-state index in [4.69, 9.17) is 5.73 Å². The lowest BCUT2D eigenvalue weighted by Gasteiger charge is -2.72. The Bertz CT molecular complexity index is 747. The third-order valence-corrected chi connectivity index (χ3v) is 13.2. The van der Waals surface area contributed by atoms with Crippen molar-refractivity contribution in [2.75, 3.05) is 6.61 Å². The van der Waals surface area contributed by atoms with Crippen LogP contribution in [-0.2, 0) is 0 Å². The van der Waals surface area contributed by atoms with E-state index in [-0.39, 0.29) is 18.1 Å². The normalized spacial score (nSPS) is 58.6. The predicted molar refractivity (Wildman–Crippen MR) is 129 cm³/mol. The van der Waals surface area contributed by atoms with Gasteiger partial charge in [0, 0.05) is 11.5 Å². The van der Waals surface area contributed by atoms with Crippen molar-refractivity contribution in [1.29, 1.82) is 0 Å². The Kier molecular flexibility index (Phi) is 5.13. The van der Waals surface area contributed by atoms with Crippen LogP contribution < -0.4 is 5.73 Å². The van der Waals surface area contributed by atoms with E-state index in [2.05, 4.69) is 41.2 Å². The summed E-state index contributed by atoms with van der Waals surface area (Å²) in [5, 5.41) is 10.5. The molecule has 0 spiro atoms. The summed E-state index contributed by atoms with van der Waals surface area (Å²) in [6.07, 6.45) is 13.5. The summed E-state index contributed by atoms with van der Waals surface area (Å²) in [6.45, 7) is 17.3. The first kappa shape index (κ1) is 22.5. The van der Waals surface area contributed by atoms with Crippen LogP contribution in [0.2, 0.25) is 0 Å². The lowest BCUT2D eigenvalue weighted by atomic mass is 9.33. The molecular formula is C29H49NO. The Balaban J connectivity index is 1.52. The molecule has 0 aromatic rings. The van der Waals surface area contributed by atoms with Crippen molar-refractivity contribution < 1.29 is 5.11 Å². The van der Waals surface area contributed by atoms with Gasteiger partial charge in [-0.3, -0.25) is 0 Å². The highest BCUT2D eigenvalue weighted by Gasteiger charge is 2.69. The highest BCUT2D eigenvalue weighted by molar-refractivity contribution is 5.19. The first-order chi connectivity index (χ1) is 14.5. The average molecular weight is 428 g/mol. The molecule has 0 heterocycles. The first-order valence-electron chi connectivity index (χ1n) is 13.5. The molecule has 0 aliphatic heterocycles. The first-order valence-corrected chi connectivity index (χ1v) is 13.5. The number of aliphatic hydroxyl groups is 1. The lowest BCUT2D eigenvalue weighted by Crippen LogP contribution is -2.67. The zero-order chi connectivity index (χ0) is 22.4. The van der Waals surface area contributed by atoms with Gasteiger partial charge < -0.3 is 10.8 Å². The molecule has 5 fully saturated rings. The van der Waals surface area contributed by atoms with Crippen molar-refractivity contribution in [3.8, 4) is 0 Å². The highest BCUT2D eigenvalue weighted by atomic mass is 16.3. The molecule has 3 N–H and O–H groups in total. The summed E-state index contributed by atoms with van der Waals surface area (Å²) in [7, 11) is 0. The van der Waals surface area contributed by atoms with Gasteiger partial charge in [0.05, 0.1) is 6.61 Å². The van der Waals surface area contributed by atoms with Gasteiger partial charge in [0.1, 0.15) is 0 Å². The fraction of sp³-hybridized carbons (Fsp3) is 0.931. The molecule has 0 amide bonds. The van der Waals surface area contributed by atoms with Gasteiger partial charge in [0.15, 0.2) is 0 Å². The second kappa shape index (κ2) is 7.08. The maximum Gasteiger partial charge on any atom is 0.0502 e. The van der Waals surface area contributed by atoms with E-state index < -0.39 is 0 Å². The molecule has 31 heavy (non-hydrogen) atoms. The number of allylic oxidation sites excluding steroid dienone is 1. The Morgan fingerprint density at radius 2 is 1.58 bits per heavy atom. The fourth-order valence-corrected chi connectivity index (χ4v) is 11.3. The predicted octanol–water partition coefficient (Wildman–Crippen LogP) is 6.57. The number of rotatable bonds is 2. The van der Waals surface area contributed by atoms with E-state index in [9.17, 15) is 5.11 Å². The van der Waals surface area contributed by atoms with E-state index in [1.165, 1.54) is 63.4 Å². The Morgan fingerprint density at radius 1 is 0.871 bits per heavy atom. The van der Waals surface area contributed by atoms with Gasteiger partial charge in [-0.05, 0) is 123 Å². The topological polar surface area (TPSA) is 46.2 Å². The summed E-state index contributed by atoms with van der Waals surface area (Å²) in [5.41, 5.74) is 9.21. The average Bonchev–Trinajstić information content (AvgIpc) is 3.16. The van der Waals surface area contributed by atoms with Gasteiger partial charge in [-0.1, -0.05) is 39.8 Å². The van der Waals surface area contributed by atoms with Crippen LogP contribution in [0.15, 0.2) is 12.2 Å². The summed E-state index contributed by atoms with van der Waals surface area (Å²) < 4.78 is 0. The fourth-order valence-electron chi connectivity index (χ4n) is 11.3. The summed E-state index contributed by atoms with van der Waals surface area (Å²) in [5.74, 6) is 4.84. The van der Waals surface area contributed by atoms with Gasteiger partial charge in [0.2, 0.25) is 0 Å². The minimum Gasteiger partial charge on any atom is -0.396 e. The van der Waals surface area contributed by atoms with Crippen molar-refractivity contribution >= 4 is 0 Å². The van der Waals surface area contributed by atoms with Crippen LogP contribution in [0.1, 0.15) is 98.8 Å². The smallest absolute Gasteiger partial charge is 0.0502 e. The van der Waals surface area contributed by atoms with Gasteiger partial charge in [-0.2, -0.15) is 0 Å². The van der Waals surface area contributed by atoms with Crippen LogP contribution in [0, 0.1) is 57.2 Å². The molecular weight excluding hydrogens is 378 g/mol. The highest BCUT2D eigenvalue weighted by Crippen LogP contribution is 2.75. The third kappa shape index (κ3) is 2.70. The van der Waals surface area contributed by atoms with Crippen LogP contribution in [-0.4, -0.2) is 17.8 Å². The lowest BCUT2D eigenvalue weighted by molar-refractivity contribution is -0.235. The molecule has 176 valence electrons. The van der Waals surface area contributed by atoms with E-state index >= 15 is 0 Å². The van der Waals surface area contributed by atoms with Crippen molar-refractivity contribution in [1.82, 2.24) is 0 Å². The molecule has 0 saturated heterocycles. The minimum atomic E-state index is -0.111. The summed E-state index contributed by atoms with van der Waals surface area (Å²) in [6, 6.07) is 0.150. The van der Waals surface area contributed by atoms with Crippen molar-refractivity contribution in [2.45, 2.75) is 105 Å². The van der Waals surface area contributed by atoms with E-state index in [0.717, 1.165) is 36.0 Å². The van der Waals surface area contributed by atoms with Gasteiger partial charge in [-0.25, -0.2) is 0 Å². The van der Waals surface area contributed by atoms with Crippen molar-refractivity contribution in [2.24, 2.45) is 62.9 Å². The Morgan fingerprint density at radius 3 is 2.26 bits per heavy atom. The number of hydrogen-bond donors (Lipinski definition) is 2. The molecule has 0 aromatic heterocycles. The van der Waals surface area contributed by atoms with Crippen LogP contribution in [0.4, 0.5) is 0 Å². The third-order valence-electron chi connectivity index (χ3n) is 13.2. The van der Waals surface area contributed by atoms with Crippen LogP contribution in [0.3, 0.4) is 0 Å². The maximum atomic E-state index is 10.5. The standard InChI is InChI=1S/C29H49NO/c1-18(2)20-8-7-19-11-15-28(5)21(25(19)20)9-10-23-26(3)14-13-24(30)27(4,17-31)22(26)12-16-29(23,28)6/h19-25,31H,1,7-17,30H2,2-6H3/t19?,20-,21+,22+,23+,24?,25+,26-,27?,28+,29+/m0/s1. The summed E-state index contributed by atoms with van der Waals surface area (Å²) >= 11 is 0. The number of hydrogen-bond acceptors (Lipinski definition) is 2. The van der Waals surface area contributed by atoms with Crippen LogP contribution >= 0.6 is 0 Å². The molecule has 5 rings (SSSR count). The largest absolute Gasteiger partial charge is 0.396 e. The number of nitrogens with two attached hydrogens (primary N) is 1. The van der Waals surface area contributed by atoms with Crippen molar-refractivity contribution in [3.63, 3.8) is 0 Å². The second-order valence-electron chi connectivity index (χ2n) is 13.9. The van der Waals surface area contributed by atoms with E-state index in [1.807, 2.05) is 0 Å².